The van der Waals surface area contributed by atoms with E-state index in [1.165, 1.54) is 0 Å². The fraction of sp³-hybridized carbons (Fsp3) is 0.762. The minimum atomic E-state index is -1.52. The second-order valence-corrected chi connectivity index (χ2v) is 10.5. The first-order valence-electron chi connectivity index (χ1n) is 11.1. The van der Waals surface area contributed by atoms with E-state index in [4.69, 9.17) is 29.8 Å². The van der Waals surface area contributed by atoms with Crippen LogP contribution in [0.4, 0.5) is 4.39 Å². The summed E-state index contributed by atoms with van der Waals surface area (Å²) in [6, 6.07) is 0.244. The van der Waals surface area contributed by atoms with Gasteiger partial charge in [0.1, 0.15) is 24.9 Å². The molecule has 2 aliphatic heterocycles. The molecule has 1 aromatic heterocycles. The average Bonchev–Trinajstić information content (AvgIpc) is 3.21. The number of halogens is 1. The van der Waals surface area contributed by atoms with Gasteiger partial charge in [0, 0.05) is 12.1 Å². The predicted molar refractivity (Wildman–Crippen MR) is 121 cm³/mol. The van der Waals surface area contributed by atoms with Crippen LogP contribution in [0.15, 0.2) is 15.8 Å². The van der Waals surface area contributed by atoms with Crippen molar-refractivity contribution in [1.29, 1.82) is 0 Å². The summed E-state index contributed by atoms with van der Waals surface area (Å²) < 4.78 is 47.1. The summed E-state index contributed by atoms with van der Waals surface area (Å²) in [6.45, 7) is 19.1. The Hall–Kier alpha value is -1.71. The zero-order chi connectivity index (χ0) is 25.2. The molecule has 13 heteroatoms. The van der Waals surface area contributed by atoms with E-state index in [1.54, 1.807) is 13.8 Å². The molecule has 190 valence electrons. The van der Waals surface area contributed by atoms with E-state index in [-0.39, 0.29) is 31.8 Å². The summed E-state index contributed by atoms with van der Waals surface area (Å²) >= 11 is 0. The summed E-state index contributed by atoms with van der Waals surface area (Å²) in [7, 11) is -1.52. The van der Waals surface area contributed by atoms with E-state index in [9.17, 15) is 14.0 Å². The number of nitrogens with zero attached hydrogens (tertiary/aromatic N) is 3. The topological polar surface area (TPSA) is 109 Å². The van der Waals surface area contributed by atoms with Crippen molar-refractivity contribution < 1.29 is 27.6 Å². The van der Waals surface area contributed by atoms with Crippen LogP contribution in [0.3, 0.4) is 0 Å². The zero-order valence-corrected chi connectivity index (χ0v) is 21.1. The van der Waals surface area contributed by atoms with Gasteiger partial charge in [0.25, 0.3) is 14.1 Å². The molecule has 0 saturated carbocycles. The summed E-state index contributed by atoms with van der Waals surface area (Å²) in [5.41, 5.74) is -1.93. The number of hydrogen-bond donors (Lipinski definition) is 1. The van der Waals surface area contributed by atoms with Crippen molar-refractivity contribution >= 4 is 8.53 Å². The van der Waals surface area contributed by atoms with Gasteiger partial charge in [-0.05, 0) is 41.5 Å². The van der Waals surface area contributed by atoms with Gasteiger partial charge in [-0.25, -0.2) is 16.0 Å². The molecule has 0 bridgehead atoms. The van der Waals surface area contributed by atoms with Crippen molar-refractivity contribution in [2.75, 3.05) is 19.8 Å². The number of aromatic amines is 1. The van der Waals surface area contributed by atoms with Crippen molar-refractivity contribution in [1.82, 2.24) is 14.2 Å². The largest absolute Gasteiger partial charge is 0.346 e. The number of hydrogen-bond acceptors (Lipinski definition) is 8. The smallest absolute Gasteiger partial charge is 0.330 e. The maximum atomic E-state index is 14.0. The minimum Gasteiger partial charge on any atom is -0.346 e. The molecule has 2 fully saturated rings. The molecule has 0 radical (unpaired) electrons. The standard InChI is InChI=1S/C21H32FN4O7P/c1-12(2)26(13(3)4)34(29-9-8-23-7)30-11-15-16-17(33-21(5,6)32-16)19(31-15)25-10-14(22)18(27)24-20(25)28/h10,12-13,15-17,19H,8-9,11H2,1-6H3,(H,24,27,28)/t15-,16?,17+,19-,34?/m1/s1. The number of ether oxygens (including phenoxy) is 3. The second kappa shape index (κ2) is 10.9. The Kier molecular flexibility index (Phi) is 8.63. The SMILES string of the molecule is [C-]#[N+]CCOP(OC[C@H]1O[C@@H](n2cc(F)c(=O)[nH]c2=O)[C@H]2OC(C)(C)OC12)N(C(C)C)C(C)C. The molecule has 2 unspecified atom stereocenters. The third-order valence-corrected chi connectivity index (χ3v) is 7.40. The quantitative estimate of drug-likeness (QED) is 0.295. The van der Waals surface area contributed by atoms with Crippen molar-refractivity contribution in [3.63, 3.8) is 0 Å². The van der Waals surface area contributed by atoms with Gasteiger partial charge in [0.2, 0.25) is 12.4 Å². The fourth-order valence-electron chi connectivity index (χ4n) is 4.11. The number of H-pyrrole nitrogens is 1. The van der Waals surface area contributed by atoms with E-state index in [2.05, 4.69) is 9.52 Å². The van der Waals surface area contributed by atoms with Crippen LogP contribution in [0.1, 0.15) is 47.8 Å². The van der Waals surface area contributed by atoms with Crippen LogP contribution < -0.4 is 11.2 Å². The highest BCUT2D eigenvalue weighted by Crippen LogP contribution is 2.48. The molecule has 1 aromatic rings. The number of nitrogens with one attached hydrogen (secondary N) is 1. The number of aromatic nitrogens is 2. The molecule has 0 aromatic carbocycles. The fourth-order valence-corrected chi connectivity index (χ4v) is 5.72. The van der Waals surface area contributed by atoms with Crippen LogP contribution in [-0.2, 0) is 23.3 Å². The van der Waals surface area contributed by atoms with Gasteiger partial charge in [-0.3, -0.25) is 14.3 Å². The normalized spacial score (nSPS) is 26.9. The Morgan fingerprint density at radius 1 is 1.24 bits per heavy atom. The third-order valence-electron chi connectivity index (χ3n) is 5.32. The highest BCUT2D eigenvalue weighted by molar-refractivity contribution is 7.44. The molecule has 5 atom stereocenters. The molecular formula is C21H32FN4O7P. The van der Waals surface area contributed by atoms with Crippen molar-refractivity contribution in [2.45, 2.75) is 84.0 Å². The van der Waals surface area contributed by atoms with E-state index < -0.39 is 55.9 Å². The molecule has 2 saturated heterocycles. The van der Waals surface area contributed by atoms with Crippen LogP contribution in [0.25, 0.3) is 4.85 Å². The van der Waals surface area contributed by atoms with Crippen LogP contribution >= 0.6 is 8.53 Å². The van der Waals surface area contributed by atoms with Gasteiger partial charge in [-0.2, -0.15) is 4.39 Å². The molecule has 2 aliphatic rings. The molecule has 0 spiro atoms. The summed E-state index contributed by atoms with van der Waals surface area (Å²) in [5.74, 6) is -2.07. The zero-order valence-electron chi connectivity index (χ0n) is 20.2. The van der Waals surface area contributed by atoms with E-state index in [0.717, 1.165) is 10.8 Å². The van der Waals surface area contributed by atoms with Crippen molar-refractivity contribution in [3.8, 4) is 0 Å². The summed E-state index contributed by atoms with van der Waals surface area (Å²) in [5, 5.41) is 0. The summed E-state index contributed by atoms with van der Waals surface area (Å²) in [6.07, 6.45) is -2.21. The number of rotatable bonds is 10. The van der Waals surface area contributed by atoms with Gasteiger partial charge in [-0.15, -0.1) is 0 Å². The second-order valence-electron chi connectivity index (χ2n) is 9.09. The Balaban J connectivity index is 1.82. The highest BCUT2D eigenvalue weighted by atomic mass is 31.2. The summed E-state index contributed by atoms with van der Waals surface area (Å²) in [4.78, 5) is 29.1. The Labute approximate surface area is 198 Å². The van der Waals surface area contributed by atoms with Crippen LogP contribution in [0, 0.1) is 12.4 Å². The van der Waals surface area contributed by atoms with E-state index in [1.807, 2.05) is 32.7 Å². The van der Waals surface area contributed by atoms with Crippen LogP contribution in [-0.4, -0.2) is 70.2 Å². The molecular weight excluding hydrogens is 470 g/mol. The van der Waals surface area contributed by atoms with E-state index in [0.29, 0.717) is 0 Å². The maximum Gasteiger partial charge on any atom is 0.330 e. The minimum absolute atomic E-state index is 0.0529. The lowest BCUT2D eigenvalue weighted by Gasteiger charge is -2.36. The van der Waals surface area contributed by atoms with Gasteiger partial charge >= 0.3 is 5.69 Å². The van der Waals surface area contributed by atoms with Crippen molar-refractivity contribution in [3.05, 3.63) is 44.3 Å². The first-order valence-corrected chi connectivity index (χ1v) is 12.3. The van der Waals surface area contributed by atoms with E-state index >= 15 is 0 Å². The van der Waals surface area contributed by atoms with Gasteiger partial charge < -0.3 is 28.1 Å². The third kappa shape index (κ3) is 5.91. The highest BCUT2D eigenvalue weighted by Gasteiger charge is 2.56. The molecule has 0 amide bonds. The first kappa shape index (κ1) is 26.9. The Morgan fingerprint density at radius 3 is 2.50 bits per heavy atom. The molecule has 3 heterocycles. The Bertz CT molecular complexity index is 1000. The van der Waals surface area contributed by atoms with Gasteiger partial charge in [0.05, 0.1) is 12.8 Å². The van der Waals surface area contributed by atoms with Gasteiger partial charge in [0.15, 0.2) is 12.0 Å². The Morgan fingerprint density at radius 2 is 1.88 bits per heavy atom. The van der Waals surface area contributed by atoms with Crippen LogP contribution in [0.2, 0.25) is 0 Å². The monoisotopic (exact) mass is 502 g/mol. The average molecular weight is 502 g/mol. The molecule has 34 heavy (non-hydrogen) atoms. The first-order chi connectivity index (χ1) is 15.9. The molecule has 0 aliphatic carbocycles. The lowest BCUT2D eigenvalue weighted by molar-refractivity contribution is -0.200. The lowest BCUT2D eigenvalue weighted by Crippen LogP contribution is -2.38. The van der Waals surface area contributed by atoms with Crippen LogP contribution in [0.5, 0.6) is 0 Å². The molecule has 1 N–H and O–H groups in total. The molecule has 3 rings (SSSR count). The van der Waals surface area contributed by atoms with Crippen molar-refractivity contribution in [2.24, 2.45) is 0 Å². The maximum absolute atomic E-state index is 14.0. The number of fused-ring (bicyclic) bond motifs is 1. The predicted octanol–water partition coefficient (Wildman–Crippen LogP) is 2.39. The lowest BCUT2D eigenvalue weighted by atomic mass is 10.1. The molecule has 11 nitrogen and oxygen atoms in total. The van der Waals surface area contributed by atoms with Gasteiger partial charge in [-0.1, -0.05) is 0 Å².